The number of esters is 1. The molecule has 0 saturated heterocycles. The first-order valence-corrected chi connectivity index (χ1v) is 9.79. The van der Waals surface area contributed by atoms with Gasteiger partial charge in [0.15, 0.2) is 0 Å². The Kier molecular flexibility index (Phi) is 4.88. The number of nitrogens with zero attached hydrogens (tertiary/aromatic N) is 2. The number of hydrogen-bond donors (Lipinski definition) is 0. The van der Waals surface area contributed by atoms with Crippen LogP contribution >= 0.6 is 11.3 Å². The Bertz CT molecular complexity index is 1150. The van der Waals surface area contributed by atoms with Gasteiger partial charge in [0.25, 0.3) is 0 Å². The largest absolute Gasteiger partial charge is 0.496 e. The van der Waals surface area contributed by atoms with Crippen LogP contribution in [0.2, 0.25) is 0 Å². The summed E-state index contributed by atoms with van der Waals surface area (Å²) in [5.74, 6) is 0.435. The lowest BCUT2D eigenvalue weighted by atomic mass is 10.1. The molecule has 5 nitrogen and oxygen atoms in total. The summed E-state index contributed by atoms with van der Waals surface area (Å²) in [4.78, 5) is 16.3. The smallest absolute Gasteiger partial charge is 0.356 e. The van der Waals surface area contributed by atoms with Crippen LogP contribution in [0.25, 0.3) is 22.2 Å². The highest BCUT2D eigenvalue weighted by atomic mass is 32.1. The Morgan fingerprint density at radius 2 is 2.04 bits per heavy atom. The van der Waals surface area contributed by atoms with E-state index in [2.05, 4.69) is 44.6 Å². The van der Waals surface area contributed by atoms with E-state index in [1.807, 2.05) is 19.1 Å². The van der Waals surface area contributed by atoms with Crippen molar-refractivity contribution >= 4 is 28.2 Å². The Hall–Kier alpha value is -3.12. The monoisotopic (exact) mass is 392 g/mol. The molecule has 3 heterocycles. The molecule has 0 amide bonds. The van der Waals surface area contributed by atoms with E-state index in [-0.39, 0.29) is 0 Å². The van der Waals surface area contributed by atoms with Crippen LogP contribution in [0.4, 0.5) is 0 Å². The van der Waals surface area contributed by atoms with Gasteiger partial charge in [0.05, 0.1) is 32.2 Å². The average molecular weight is 392 g/mol. The third-order valence-corrected chi connectivity index (χ3v) is 5.44. The molecule has 28 heavy (non-hydrogen) atoms. The van der Waals surface area contributed by atoms with Gasteiger partial charge < -0.3 is 14.0 Å². The van der Waals surface area contributed by atoms with Crippen molar-refractivity contribution in [1.29, 1.82) is 0 Å². The molecule has 0 aliphatic heterocycles. The van der Waals surface area contributed by atoms with Gasteiger partial charge in [-0.2, -0.15) is 11.3 Å². The number of hydrogen-bond acceptors (Lipinski definition) is 5. The van der Waals surface area contributed by atoms with E-state index in [9.17, 15) is 4.79 Å². The fourth-order valence-corrected chi connectivity index (χ4v) is 4.03. The number of fused-ring (bicyclic) bond motifs is 1. The zero-order chi connectivity index (χ0) is 19.7. The van der Waals surface area contributed by atoms with E-state index < -0.39 is 5.97 Å². The standard InChI is InChI=1S/C22H20N2O3S/c1-14-9-19-16(11-21(14)26-2)10-20(15-7-8-28-13-15)24(19)12-17-5-4-6-18(23-17)22(25)27-3/h4-11,13H,12H2,1-3H3. The van der Waals surface area contributed by atoms with Crippen LogP contribution in [0.1, 0.15) is 21.7 Å². The Balaban J connectivity index is 1.86. The number of ether oxygens (including phenoxy) is 2. The van der Waals surface area contributed by atoms with Gasteiger partial charge in [0.1, 0.15) is 11.4 Å². The van der Waals surface area contributed by atoms with Crippen LogP contribution in [-0.2, 0) is 11.3 Å². The van der Waals surface area contributed by atoms with E-state index in [4.69, 9.17) is 9.47 Å². The second kappa shape index (κ2) is 7.48. The minimum Gasteiger partial charge on any atom is -0.496 e. The van der Waals surface area contributed by atoms with Crippen molar-refractivity contribution in [2.45, 2.75) is 13.5 Å². The van der Waals surface area contributed by atoms with Crippen LogP contribution in [0, 0.1) is 6.92 Å². The molecule has 0 aliphatic carbocycles. The summed E-state index contributed by atoms with van der Waals surface area (Å²) < 4.78 is 12.5. The molecule has 0 saturated carbocycles. The summed E-state index contributed by atoms with van der Waals surface area (Å²) in [7, 11) is 3.05. The first-order chi connectivity index (χ1) is 13.6. The Labute approximate surface area is 167 Å². The lowest BCUT2D eigenvalue weighted by molar-refractivity contribution is 0.0593. The summed E-state index contributed by atoms with van der Waals surface area (Å²) in [6.45, 7) is 2.58. The van der Waals surface area contributed by atoms with Gasteiger partial charge in [-0.1, -0.05) is 6.07 Å². The van der Waals surface area contributed by atoms with Crippen LogP contribution in [0.15, 0.2) is 53.2 Å². The van der Waals surface area contributed by atoms with Crippen molar-refractivity contribution in [3.05, 3.63) is 70.2 Å². The fraction of sp³-hybridized carbons (Fsp3) is 0.182. The molecule has 142 valence electrons. The lowest BCUT2D eigenvalue weighted by Crippen LogP contribution is -2.09. The molecule has 0 bridgehead atoms. The van der Waals surface area contributed by atoms with Crippen LogP contribution in [0.3, 0.4) is 0 Å². The maximum Gasteiger partial charge on any atom is 0.356 e. The van der Waals surface area contributed by atoms with Crippen LogP contribution < -0.4 is 4.74 Å². The third kappa shape index (κ3) is 3.27. The molecular weight excluding hydrogens is 372 g/mol. The number of aryl methyl sites for hydroxylation is 1. The zero-order valence-corrected chi connectivity index (χ0v) is 16.7. The highest BCUT2D eigenvalue weighted by molar-refractivity contribution is 7.08. The maximum absolute atomic E-state index is 11.8. The minimum absolute atomic E-state index is 0.311. The Morgan fingerprint density at radius 1 is 1.18 bits per heavy atom. The zero-order valence-electron chi connectivity index (χ0n) is 15.9. The van der Waals surface area contributed by atoms with Crippen molar-refractivity contribution in [1.82, 2.24) is 9.55 Å². The molecule has 0 atom stereocenters. The van der Waals surface area contributed by atoms with Gasteiger partial charge >= 0.3 is 5.97 Å². The second-order valence-electron chi connectivity index (χ2n) is 6.51. The topological polar surface area (TPSA) is 53.4 Å². The SMILES string of the molecule is COC(=O)c1cccc(Cn2c(-c3ccsc3)cc3cc(OC)c(C)cc32)n1. The average Bonchev–Trinajstić information content (AvgIpc) is 3.35. The molecule has 0 radical (unpaired) electrons. The van der Waals surface area contributed by atoms with Crippen molar-refractivity contribution in [3.8, 4) is 17.0 Å². The molecule has 0 aliphatic rings. The predicted molar refractivity (Wildman–Crippen MR) is 111 cm³/mol. The number of carbonyl (C=O) groups is 1. The van der Waals surface area contributed by atoms with Gasteiger partial charge in [-0.15, -0.1) is 0 Å². The quantitative estimate of drug-likeness (QED) is 0.453. The summed E-state index contributed by atoms with van der Waals surface area (Å²) in [5, 5.41) is 5.31. The van der Waals surface area contributed by atoms with Crippen LogP contribution in [-0.4, -0.2) is 29.7 Å². The number of carbonyl (C=O) groups excluding carboxylic acids is 1. The van der Waals surface area contributed by atoms with Crippen molar-refractivity contribution in [3.63, 3.8) is 0 Å². The van der Waals surface area contributed by atoms with Crippen molar-refractivity contribution in [2.75, 3.05) is 14.2 Å². The van der Waals surface area contributed by atoms with E-state index >= 15 is 0 Å². The van der Waals surface area contributed by atoms with Crippen molar-refractivity contribution in [2.24, 2.45) is 0 Å². The van der Waals surface area contributed by atoms with Gasteiger partial charge in [0.2, 0.25) is 0 Å². The molecule has 1 aromatic carbocycles. The summed E-state index contributed by atoms with van der Waals surface area (Å²) in [6, 6.07) is 13.9. The Morgan fingerprint density at radius 3 is 2.75 bits per heavy atom. The van der Waals surface area contributed by atoms with Gasteiger partial charge in [-0.25, -0.2) is 9.78 Å². The molecule has 6 heteroatoms. The van der Waals surface area contributed by atoms with E-state index in [1.165, 1.54) is 7.11 Å². The molecular formula is C22H20N2O3S. The number of pyridine rings is 1. The molecule has 0 unspecified atom stereocenters. The molecule has 0 spiro atoms. The molecule has 3 aromatic heterocycles. The highest BCUT2D eigenvalue weighted by Gasteiger charge is 2.15. The molecule has 4 aromatic rings. The number of aromatic nitrogens is 2. The fourth-order valence-electron chi connectivity index (χ4n) is 3.38. The number of benzene rings is 1. The first-order valence-electron chi connectivity index (χ1n) is 8.85. The maximum atomic E-state index is 11.8. The van der Waals surface area contributed by atoms with E-state index in [0.29, 0.717) is 12.2 Å². The molecule has 4 rings (SSSR count). The van der Waals surface area contributed by atoms with Crippen molar-refractivity contribution < 1.29 is 14.3 Å². The summed E-state index contributed by atoms with van der Waals surface area (Å²) >= 11 is 1.66. The summed E-state index contributed by atoms with van der Waals surface area (Å²) in [6.07, 6.45) is 0. The third-order valence-electron chi connectivity index (χ3n) is 4.76. The lowest BCUT2D eigenvalue weighted by Gasteiger charge is -2.12. The number of methoxy groups -OCH3 is 2. The van der Waals surface area contributed by atoms with Crippen LogP contribution in [0.5, 0.6) is 5.75 Å². The highest BCUT2D eigenvalue weighted by Crippen LogP contribution is 2.34. The van der Waals surface area contributed by atoms with Gasteiger partial charge in [0, 0.05) is 21.8 Å². The summed E-state index contributed by atoms with van der Waals surface area (Å²) in [5.41, 5.74) is 5.54. The van der Waals surface area contributed by atoms with E-state index in [1.54, 1.807) is 24.5 Å². The van der Waals surface area contributed by atoms with Gasteiger partial charge in [-0.05, 0) is 54.3 Å². The molecule has 0 N–H and O–H groups in total. The predicted octanol–water partition coefficient (Wildman–Crippen LogP) is 4.92. The number of rotatable bonds is 5. The second-order valence-corrected chi connectivity index (χ2v) is 7.29. The normalized spacial score (nSPS) is 11.0. The molecule has 0 fully saturated rings. The number of thiophene rings is 1. The minimum atomic E-state index is -0.433. The van der Waals surface area contributed by atoms with E-state index in [0.717, 1.165) is 39.2 Å². The van der Waals surface area contributed by atoms with Gasteiger partial charge in [-0.3, -0.25) is 0 Å². The first kappa shape index (κ1) is 18.3.